The van der Waals surface area contributed by atoms with Gasteiger partial charge in [0.25, 0.3) is 5.91 Å². The minimum absolute atomic E-state index is 0.270. The van der Waals surface area contributed by atoms with E-state index in [0.29, 0.717) is 24.6 Å². The first kappa shape index (κ1) is 20.0. The number of hydrogen-bond acceptors (Lipinski definition) is 6. The lowest BCUT2D eigenvalue weighted by Gasteiger charge is -2.12. The van der Waals surface area contributed by atoms with Crippen molar-refractivity contribution in [2.24, 2.45) is 0 Å². The topological polar surface area (TPSA) is 102 Å². The number of ether oxygens (including phenoxy) is 2. The molecule has 3 N–H and O–H groups in total. The van der Waals surface area contributed by atoms with E-state index in [2.05, 4.69) is 20.9 Å². The fourth-order valence-electron chi connectivity index (χ4n) is 2.24. The first-order valence-electron chi connectivity index (χ1n) is 8.77. The summed E-state index contributed by atoms with van der Waals surface area (Å²) in [5, 5.41) is 8.41. The smallest absolute Gasteiger partial charge is 0.407 e. The highest BCUT2D eigenvalue weighted by atomic mass is 16.5. The third-order valence-corrected chi connectivity index (χ3v) is 3.44. The quantitative estimate of drug-likeness (QED) is 0.585. The molecule has 1 heterocycles. The number of pyridine rings is 1. The van der Waals surface area contributed by atoms with E-state index in [1.807, 2.05) is 31.2 Å². The number of carbonyl (C=O) groups excluding carboxylic acids is 2. The molecule has 0 spiro atoms. The minimum Gasteiger partial charge on any atom is -0.494 e. The van der Waals surface area contributed by atoms with Crippen LogP contribution in [0.1, 0.15) is 24.2 Å². The molecule has 8 nitrogen and oxygen atoms in total. The molecule has 0 aliphatic rings. The van der Waals surface area contributed by atoms with Gasteiger partial charge < -0.3 is 25.4 Å². The molecule has 0 atom stereocenters. The van der Waals surface area contributed by atoms with Gasteiger partial charge >= 0.3 is 6.09 Å². The predicted octanol–water partition coefficient (Wildman–Crippen LogP) is 2.70. The summed E-state index contributed by atoms with van der Waals surface area (Å²) < 4.78 is 10.2. The average molecular weight is 372 g/mol. The van der Waals surface area contributed by atoms with Crippen LogP contribution in [0.2, 0.25) is 0 Å². The zero-order valence-corrected chi connectivity index (χ0v) is 15.5. The molecule has 0 unspecified atom stereocenters. The summed E-state index contributed by atoms with van der Waals surface area (Å²) in [4.78, 5) is 27.9. The Hall–Kier alpha value is -3.29. The van der Waals surface area contributed by atoms with Crippen LogP contribution >= 0.6 is 0 Å². The molecule has 2 amide bonds. The first-order chi connectivity index (χ1) is 13.1. The van der Waals surface area contributed by atoms with Crippen LogP contribution in [-0.4, -0.2) is 43.3 Å². The van der Waals surface area contributed by atoms with E-state index in [1.165, 1.54) is 0 Å². The normalized spacial score (nSPS) is 10.0. The fraction of sp³-hybridized carbons (Fsp3) is 0.316. The Bertz CT molecular complexity index is 750. The first-order valence-corrected chi connectivity index (χ1v) is 8.77. The van der Waals surface area contributed by atoms with Gasteiger partial charge in [0.2, 0.25) is 0 Å². The predicted molar refractivity (Wildman–Crippen MR) is 102 cm³/mol. The molecule has 0 radical (unpaired) electrons. The van der Waals surface area contributed by atoms with Crippen LogP contribution in [0, 0.1) is 0 Å². The number of anilines is 2. The average Bonchev–Trinajstić information content (AvgIpc) is 2.67. The number of rotatable bonds is 9. The van der Waals surface area contributed by atoms with Gasteiger partial charge in [-0.3, -0.25) is 4.79 Å². The van der Waals surface area contributed by atoms with Gasteiger partial charge in [-0.1, -0.05) is 0 Å². The van der Waals surface area contributed by atoms with Crippen molar-refractivity contribution >= 4 is 23.5 Å². The standard InChI is InChI=1S/C19H24N4O4/c1-3-26-15-9-7-14(8-10-15)23-17-16(6-5-11-20-17)18(24)21-12-13-22-19(25)27-4-2/h5-11H,3-4,12-13H2,1-2H3,(H,20,23)(H,21,24)(H,22,25). The molecule has 27 heavy (non-hydrogen) atoms. The van der Waals surface area contributed by atoms with Crippen molar-refractivity contribution in [2.75, 3.05) is 31.6 Å². The van der Waals surface area contributed by atoms with Gasteiger partial charge in [-0.15, -0.1) is 0 Å². The third-order valence-electron chi connectivity index (χ3n) is 3.44. The van der Waals surface area contributed by atoms with Crippen molar-refractivity contribution in [2.45, 2.75) is 13.8 Å². The molecular formula is C19H24N4O4. The molecule has 0 saturated carbocycles. The van der Waals surface area contributed by atoms with Crippen LogP contribution in [0.5, 0.6) is 5.75 Å². The van der Waals surface area contributed by atoms with Crippen LogP contribution in [0.15, 0.2) is 42.6 Å². The molecular weight excluding hydrogens is 348 g/mol. The number of amides is 2. The van der Waals surface area contributed by atoms with Gasteiger partial charge in [0.1, 0.15) is 11.6 Å². The maximum atomic E-state index is 12.4. The lowest BCUT2D eigenvalue weighted by atomic mass is 10.2. The summed E-state index contributed by atoms with van der Waals surface area (Å²) in [6, 6.07) is 10.8. The lowest BCUT2D eigenvalue weighted by Crippen LogP contribution is -2.35. The molecule has 1 aromatic carbocycles. The molecule has 1 aromatic heterocycles. The van der Waals surface area contributed by atoms with Crippen molar-refractivity contribution in [3.63, 3.8) is 0 Å². The molecule has 144 valence electrons. The Labute approximate surface area is 158 Å². The highest BCUT2D eigenvalue weighted by molar-refractivity contribution is 5.99. The second kappa shape index (κ2) is 10.6. The Morgan fingerprint density at radius 1 is 1.00 bits per heavy atom. The van der Waals surface area contributed by atoms with E-state index in [9.17, 15) is 9.59 Å². The summed E-state index contributed by atoms with van der Waals surface area (Å²) in [5.41, 5.74) is 1.19. The zero-order chi connectivity index (χ0) is 19.5. The van der Waals surface area contributed by atoms with Crippen molar-refractivity contribution in [1.82, 2.24) is 15.6 Å². The molecule has 0 bridgehead atoms. The number of carbonyl (C=O) groups is 2. The van der Waals surface area contributed by atoms with E-state index in [4.69, 9.17) is 9.47 Å². The monoisotopic (exact) mass is 372 g/mol. The van der Waals surface area contributed by atoms with Gasteiger partial charge in [0, 0.05) is 25.0 Å². The SMILES string of the molecule is CCOC(=O)NCCNC(=O)c1cccnc1Nc1ccc(OCC)cc1. The Kier molecular flexibility index (Phi) is 7.90. The van der Waals surface area contributed by atoms with Gasteiger partial charge in [0.15, 0.2) is 0 Å². The van der Waals surface area contributed by atoms with Crippen molar-refractivity contribution < 1.29 is 19.1 Å². The Morgan fingerprint density at radius 2 is 1.74 bits per heavy atom. The summed E-state index contributed by atoms with van der Waals surface area (Å²) in [6.07, 6.45) is 1.10. The van der Waals surface area contributed by atoms with Crippen molar-refractivity contribution in [3.8, 4) is 5.75 Å². The minimum atomic E-state index is -0.508. The largest absolute Gasteiger partial charge is 0.494 e. The number of alkyl carbamates (subject to hydrolysis) is 1. The van der Waals surface area contributed by atoms with Crippen LogP contribution in [-0.2, 0) is 4.74 Å². The van der Waals surface area contributed by atoms with Crippen LogP contribution in [0.4, 0.5) is 16.3 Å². The molecule has 0 saturated heterocycles. The van der Waals surface area contributed by atoms with E-state index in [0.717, 1.165) is 11.4 Å². The maximum Gasteiger partial charge on any atom is 0.407 e. The second-order valence-corrected chi connectivity index (χ2v) is 5.39. The van der Waals surface area contributed by atoms with E-state index >= 15 is 0 Å². The van der Waals surface area contributed by atoms with Crippen LogP contribution in [0.3, 0.4) is 0 Å². The zero-order valence-electron chi connectivity index (χ0n) is 15.5. The van der Waals surface area contributed by atoms with Gasteiger partial charge in [-0.25, -0.2) is 9.78 Å². The summed E-state index contributed by atoms with van der Waals surface area (Å²) in [5.74, 6) is 0.927. The molecule has 0 fully saturated rings. The highest BCUT2D eigenvalue weighted by Gasteiger charge is 2.12. The van der Waals surface area contributed by atoms with Gasteiger partial charge in [0.05, 0.1) is 18.8 Å². The summed E-state index contributed by atoms with van der Waals surface area (Å²) in [6.45, 7) is 5.09. The summed E-state index contributed by atoms with van der Waals surface area (Å²) in [7, 11) is 0. The molecule has 8 heteroatoms. The van der Waals surface area contributed by atoms with Crippen LogP contribution < -0.4 is 20.7 Å². The lowest BCUT2D eigenvalue weighted by molar-refractivity contribution is 0.0953. The third kappa shape index (κ3) is 6.50. The van der Waals surface area contributed by atoms with Crippen LogP contribution in [0.25, 0.3) is 0 Å². The number of benzene rings is 1. The van der Waals surface area contributed by atoms with Crippen molar-refractivity contribution in [3.05, 3.63) is 48.2 Å². The van der Waals surface area contributed by atoms with E-state index in [1.54, 1.807) is 25.3 Å². The second-order valence-electron chi connectivity index (χ2n) is 5.39. The van der Waals surface area contributed by atoms with Gasteiger partial charge in [-0.2, -0.15) is 0 Å². The Balaban J connectivity index is 1.94. The number of aromatic nitrogens is 1. The summed E-state index contributed by atoms with van der Waals surface area (Å²) >= 11 is 0. The molecule has 2 rings (SSSR count). The maximum absolute atomic E-state index is 12.4. The van der Waals surface area contributed by atoms with Crippen molar-refractivity contribution in [1.29, 1.82) is 0 Å². The highest BCUT2D eigenvalue weighted by Crippen LogP contribution is 2.21. The van der Waals surface area contributed by atoms with Gasteiger partial charge in [-0.05, 0) is 50.2 Å². The number of nitrogens with one attached hydrogen (secondary N) is 3. The molecule has 0 aliphatic heterocycles. The van der Waals surface area contributed by atoms with E-state index < -0.39 is 6.09 Å². The number of hydrogen-bond donors (Lipinski definition) is 3. The fourth-order valence-corrected chi connectivity index (χ4v) is 2.24. The Morgan fingerprint density at radius 3 is 2.44 bits per heavy atom. The van der Waals surface area contributed by atoms with E-state index in [-0.39, 0.29) is 19.0 Å². The molecule has 2 aromatic rings. The number of nitrogens with zero attached hydrogens (tertiary/aromatic N) is 1. The molecule has 0 aliphatic carbocycles.